The van der Waals surface area contributed by atoms with Gasteiger partial charge in [0.05, 0.1) is 6.61 Å². The first-order valence-corrected chi connectivity index (χ1v) is 7.09. The number of piperidine rings is 1. The topological polar surface area (TPSA) is 60.8 Å². The number of carbonyl (C=O) groups is 1. The van der Waals surface area contributed by atoms with Gasteiger partial charge >= 0.3 is 5.97 Å². The van der Waals surface area contributed by atoms with Gasteiger partial charge in [-0.2, -0.15) is 0 Å². The molecule has 1 saturated heterocycles. The average molecular weight is 277 g/mol. The molecule has 1 aromatic rings. The highest BCUT2D eigenvalue weighted by atomic mass is 16.4. The van der Waals surface area contributed by atoms with Crippen molar-refractivity contribution in [1.29, 1.82) is 0 Å². The van der Waals surface area contributed by atoms with Crippen LogP contribution in [0, 0.1) is 5.41 Å². The molecule has 110 valence electrons. The maximum atomic E-state index is 11.6. The highest BCUT2D eigenvalue weighted by molar-refractivity contribution is 5.74. The van der Waals surface area contributed by atoms with Crippen molar-refractivity contribution >= 4 is 5.97 Å². The van der Waals surface area contributed by atoms with Crippen molar-refractivity contribution in [2.45, 2.75) is 45.9 Å². The van der Waals surface area contributed by atoms with E-state index in [-0.39, 0.29) is 12.0 Å². The monoisotopic (exact) mass is 277 g/mol. The molecule has 1 aliphatic rings. The van der Waals surface area contributed by atoms with Gasteiger partial charge in [0.25, 0.3) is 0 Å². The molecule has 2 N–H and O–H groups in total. The van der Waals surface area contributed by atoms with Crippen LogP contribution in [0.2, 0.25) is 0 Å². The summed E-state index contributed by atoms with van der Waals surface area (Å²) in [7, 11) is 0. The number of hydrogen-bond donors (Lipinski definition) is 2. The van der Waals surface area contributed by atoms with Crippen LogP contribution in [-0.2, 0) is 17.9 Å². The van der Waals surface area contributed by atoms with E-state index >= 15 is 0 Å². The number of aliphatic carboxylic acids is 1. The molecule has 1 unspecified atom stereocenters. The lowest BCUT2D eigenvalue weighted by Gasteiger charge is -2.44. The van der Waals surface area contributed by atoms with Crippen molar-refractivity contribution in [2.75, 3.05) is 6.54 Å². The molecule has 20 heavy (non-hydrogen) atoms. The molecule has 1 fully saturated rings. The van der Waals surface area contributed by atoms with Gasteiger partial charge in [0, 0.05) is 6.54 Å². The Balaban J connectivity index is 2.15. The fraction of sp³-hybridized carbons (Fsp3) is 0.562. The number of rotatable bonds is 4. The fourth-order valence-electron chi connectivity index (χ4n) is 3.14. The maximum absolute atomic E-state index is 11.6. The molecule has 0 saturated carbocycles. The molecule has 4 heteroatoms. The minimum absolute atomic E-state index is 0.0365. The Labute approximate surface area is 120 Å². The molecule has 0 radical (unpaired) electrons. The largest absolute Gasteiger partial charge is 0.480 e. The third-order valence-electron chi connectivity index (χ3n) is 4.20. The first-order chi connectivity index (χ1) is 9.44. The molecule has 1 aromatic carbocycles. The molecular weight excluding hydrogens is 254 g/mol. The summed E-state index contributed by atoms with van der Waals surface area (Å²) in [5.74, 6) is -0.735. The summed E-state index contributed by atoms with van der Waals surface area (Å²) in [5, 5.41) is 18.6. The quantitative estimate of drug-likeness (QED) is 0.886. The minimum Gasteiger partial charge on any atom is -0.480 e. The zero-order valence-corrected chi connectivity index (χ0v) is 12.2. The van der Waals surface area contributed by atoms with Crippen LogP contribution >= 0.6 is 0 Å². The molecule has 1 heterocycles. The van der Waals surface area contributed by atoms with Gasteiger partial charge in [-0.3, -0.25) is 9.69 Å². The number of hydrogen-bond acceptors (Lipinski definition) is 3. The number of likely N-dealkylation sites (tertiary alicyclic amines) is 1. The second-order valence-electron chi connectivity index (χ2n) is 6.28. The molecule has 0 aliphatic carbocycles. The zero-order chi connectivity index (χ0) is 14.8. The number of carboxylic acid groups (broad SMARTS) is 1. The van der Waals surface area contributed by atoms with Gasteiger partial charge in [-0.05, 0) is 35.9 Å². The summed E-state index contributed by atoms with van der Waals surface area (Å²) in [4.78, 5) is 13.7. The van der Waals surface area contributed by atoms with Crippen molar-refractivity contribution < 1.29 is 15.0 Å². The summed E-state index contributed by atoms with van der Waals surface area (Å²) in [6.07, 6.45) is 1.98. The molecule has 0 bridgehead atoms. The highest BCUT2D eigenvalue weighted by Crippen LogP contribution is 2.36. The molecular formula is C16H23NO3. The van der Waals surface area contributed by atoms with Crippen molar-refractivity contribution in [3.63, 3.8) is 0 Å². The Bertz CT molecular complexity index is 467. The first-order valence-electron chi connectivity index (χ1n) is 7.09. The van der Waals surface area contributed by atoms with E-state index in [1.807, 2.05) is 38.1 Å². The Morgan fingerprint density at radius 3 is 2.45 bits per heavy atom. The van der Waals surface area contributed by atoms with E-state index in [9.17, 15) is 9.90 Å². The van der Waals surface area contributed by atoms with Crippen LogP contribution in [0.3, 0.4) is 0 Å². The van der Waals surface area contributed by atoms with Crippen molar-refractivity contribution in [2.24, 2.45) is 5.41 Å². The molecule has 0 spiro atoms. The number of carboxylic acids is 1. The number of aliphatic hydroxyl groups is 1. The van der Waals surface area contributed by atoms with E-state index in [4.69, 9.17) is 5.11 Å². The maximum Gasteiger partial charge on any atom is 0.321 e. The van der Waals surface area contributed by atoms with Crippen molar-refractivity contribution in [3.8, 4) is 0 Å². The summed E-state index contributed by atoms with van der Waals surface area (Å²) < 4.78 is 0. The number of nitrogens with zero attached hydrogens (tertiary/aromatic N) is 1. The molecule has 2 rings (SSSR count). The lowest BCUT2D eigenvalue weighted by atomic mass is 9.76. The molecule has 0 amide bonds. The third kappa shape index (κ3) is 3.19. The summed E-state index contributed by atoms with van der Waals surface area (Å²) in [5.41, 5.74) is 1.77. The van der Waals surface area contributed by atoms with E-state index in [0.29, 0.717) is 6.54 Å². The van der Waals surface area contributed by atoms with E-state index in [2.05, 4.69) is 4.90 Å². The van der Waals surface area contributed by atoms with Crippen LogP contribution in [0.1, 0.15) is 37.8 Å². The minimum atomic E-state index is -0.735. The smallest absolute Gasteiger partial charge is 0.321 e. The second kappa shape index (κ2) is 5.94. The standard InChI is InChI=1S/C16H23NO3/c1-16(2)8-3-9-17(14(16)15(19)20)10-12-4-6-13(11-18)7-5-12/h4-7,14,18H,3,8-11H2,1-2H3,(H,19,20). The average Bonchev–Trinajstić information content (AvgIpc) is 2.38. The second-order valence-corrected chi connectivity index (χ2v) is 6.28. The fourth-order valence-corrected chi connectivity index (χ4v) is 3.14. The van der Waals surface area contributed by atoms with E-state index in [0.717, 1.165) is 30.5 Å². The number of benzene rings is 1. The predicted octanol–water partition coefficient (Wildman–Crippen LogP) is 2.25. The normalized spacial score (nSPS) is 22.6. The van der Waals surface area contributed by atoms with Gasteiger partial charge < -0.3 is 10.2 Å². The zero-order valence-electron chi connectivity index (χ0n) is 12.2. The molecule has 1 atom stereocenters. The van der Waals surface area contributed by atoms with Crippen molar-refractivity contribution in [1.82, 2.24) is 4.90 Å². The van der Waals surface area contributed by atoms with Gasteiger partial charge in [-0.1, -0.05) is 38.1 Å². The summed E-state index contributed by atoms with van der Waals surface area (Å²) in [6.45, 7) is 5.57. The Hall–Kier alpha value is -1.39. The van der Waals surface area contributed by atoms with Crippen LogP contribution in [0.25, 0.3) is 0 Å². The SMILES string of the molecule is CC1(C)CCCN(Cc2ccc(CO)cc2)C1C(=O)O. The highest BCUT2D eigenvalue weighted by Gasteiger charge is 2.42. The first kappa shape index (κ1) is 15.0. The third-order valence-corrected chi connectivity index (χ3v) is 4.20. The van der Waals surface area contributed by atoms with Crippen molar-refractivity contribution in [3.05, 3.63) is 35.4 Å². The molecule has 1 aliphatic heterocycles. The van der Waals surface area contributed by atoms with Crippen LogP contribution in [-0.4, -0.2) is 33.7 Å². The predicted molar refractivity (Wildman–Crippen MR) is 77.2 cm³/mol. The van der Waals surface area contributed by atoms with Crippen LogP contribution in [0.15, 0.2) is 24.3 Å². The molecule has 0 aromatic heterocycles. The number of aliphatic hydroxyl groups excluding tert-OH is 1. The lowest BCUT2D eigenvalue weighted by Crippen LogP contribution is -2.53. The van der Waals surface area contributed by atoms with Gasteiger partial charge in [0.2, 0.25) is 0 Å². The van der Waals surface area contributed by atoms with Crippen LogP contribution in [0.5, 0.6) is 0 Å². The van der Waals surface area contributed by atoms with Gasteiger partial charge in [-0.15, -0.1) is 0 Å². The van der Waals surface area contributed by atoms with Gasteiger partial charge in [-0.25, -0.2) is 0 Å². The summed E-state index contributed by atoms with van der Waals surface area (Å²) >= 11 is 0. The molecule has 4 nitrogen and oxygen atoms in total. The van der Waals surface area contributed by atoms with Gasteiger partial charge in [0.1, 0.15) is 6.04 Å². The van der Waals surface area contributed by atoms with Crippen LogP contribution < -0.4 is 0 Å². The Morgan fingerprint density at radius 2 is 1.90 bits per heavy atom. The Kier molecular flexibility index (Phi) is 4.45. The summed E-state index contributed by atoms with van der Waals surface area (Å²) in [6, 6.07) is 7.27. The van der Waals surface area contributed by atoms with E-state index < -0.39 is 12.0 Å². The van der Waals surface area contributed by atoms with E-state index in [1.54, 1.807) is 0 Å². The lowest BCUT2D eigenvalue weighted by molar-refractivity contribution is -0.151. The van der Waals surface area contributed by atoms with Crippen LogP contribution in [0.4, 0.5) is 0 Å². The van der Waals surface area contributed by atoms with E-state index in [1.165, 1.54) is 0 Å². The van der Waals surface area contributed by atoms with Gasteiger partial charge in [0.15, 0.2) is 0 Å². The Morgan fingerprint density at radius 1 is 1.30 bits per heavy atom.